The molecule has 0 aromatic carbocycles. The summed E-state index contributed by atoms with van der Waals surface area (Å²) in [7, 11) is -0.666. The van der Waals surface area contributed by atoms with Gasteiger partial charge >= 0.3 is 0 Å². The van der Waals surface area contributed by atoms with Crippen LogP contribution in [-0.4, -0.2) is 34.3 Å². The summed E-state index contributed by atoms with van der Waals surface area (Å²) in [6, 6.07) is 0. The average molecular weight is 167 g/mol. The Morgan fingerprint density at radius 1 is 1.56 bits per heavy atom. The maximum absolute atomic E-state index is 10.8. The van der Waals surface area contributed by atoms with Crippen molar-refractivity contribution in [3.05, 3.63) is 0 Å². The van der Waals surface area contributed by atoms with E-state index in [2.05, 4.69) is 0 Å². The molecule has 2 N–H and O–H groups in total. The number of nitrogens with two attached hydrogens (primary N) is 1. The van der Waals surface area contributed by atoms with Crippen LogP contribution in [0.15, 0.2) is 0 Å². The van der Waals surface area contributed by atoms with Crippen LogP contribution in [0.2, 0.25) is 0 Å². The molecule has 0 aromatic heterocycles. The average Bonchev–Trinajstić information content (AvgIpc) is 1.85. The molecule has 0 rings (SSSR count). The lowest BCUT2D eigenvalue weighted by Crippen LogP contribution is -2.13. The van der Waals surface area contributed by atoms with Gasteiger partial charge in [-0.05, 0) is 6.26 Å². The monoisotopic (exact) mass is 167 g/mol. The summed E-state index contributed by atoms with van der Waals surface area (Å²) in [6.45, 7) is 0.543. The summed E-state index contributed by atoms with van der Waals surface area (Å²) in [5, 5.41) is 0. The van der Waals surface area contributed by atoms with Crippen LogP contribution in [0.4, 0.5) is 0 Å². The zero-order chi connectivity index (χ0) is 7.11. The normalized spacial score (nSPS) is 13.6. The molecule has 0 aliphatic carbocycles. The van der Waals surface area contributed by atoms with E-state index in [-0.39, 0.29) is 0 Å². The van der Waals surface area contributed by atoms with Crippen molar-refractivity contribution in [2.45, 2.75) is 0 Å². The van der Waals surface area contributed by atoms with Crippen LogP contribution in [0.1, 0.15) is 0 Å². The Bertz CT molecular complexity index is 87.0. The van der Waals surface area contributed by atoms with E-state index >= 15 is 0 Å². The number of rotatable bonds is 5. The third kappa shape index (κ3) is 6.34. The van der Waals surface area contributed by atoms with E-state index < -0.39 is 10.8 Å². The van der Waals surface area contributed by atoms with Gasteiger partial charge in [0.25, 0.3) is 0 Å². The van der Waals surface area contributed by atoms with Crippen LogP contribution in [0, 0.1) is 0 Å². The van der Waals surface area contributed by atoms with Gasteiger partial charge in [-0.3, -0.25) is 4.21 Å². The molecule has 0 aromatic rings. The van der Waals surface area contributed by atoms with Crippen LogP contribution >= 0.6 is 11.8 Å². The Balaban J connectivity index is 3.06. The molecule has 0 aliphatic heterocycles. The van der Waals surface area contributed by atoms with Crippen molar-refractivity contribution in [2.24, 2.45) is 5.73 Å². The summed E-state index contributed by atoms with van der Waals surface area (Å²) >= 11 is 1.72. The molecule has 0 bridgehead atoms. The molecule has 4 heteroatoms. The summed E-state index contributed by atoms with van der Waals surface area (Å²) in [4.78, 5) is 0. The lowest BCUT2D eigenvalue weighted by Gasteiger charge is -1.95. The predicted octanol–water partition coefficient (Wildman–Crippen LogP) is 0.0568. The lowest BCUT2D eigenvalue weighted by atomic mass is 10.8. The fourth-order valence-corrected chi connectivity index (χ4v) is 2.29. The predicted molar refractivity (Wildman–Crippen MR) is 45.3 cm³/mol. The van der Waals surface area contributed by atoms with Crippen molar-refractivity contribution in [2.75, 3.05) is 30.1 Å². The van der Waals surface area contributed by atoms with E-state index in [0.717, 1.165) is 11.5 Å². The summed E-state index contributed by atoms with van der Waals surface area (Å²) < 4.78 is 10.8. The van der Waals surface area contributed by atoms with E-state index in [1.165, 1.54) is 0 Å². The first-order chi connectivity index (χ1) is 4.31. The molecule has 9 heavy (non-hydrogen) atoms. The third-order valence-corrected chi connectivity index (χ3v) is 3.08. The second kappa shape index (κ2) is 6.58. The second-order valence-electron chi connectivity index (χ2n) is 1.63. The topological polar surface area (TPSA) is 43.1 Å². The van der Waals surface area contributed by atoms with E-state index in [9.17, 15) is 4.21 Å². The highest BCUT2D eigenvalue weighted by Gasteiger charge is 1.94. The van der Waals surface area contributed by atoms with Crippen LogP contribution < -0.4 is 5.73 Å². The maximum Gasteiger partial charge on any atom is 0.0358 e. The van der Waals surface area contributed by atoms with Gasteiger partial charge in [-0.15, -0.1) is 0 Å². The summed E-state index contributed by atoms with van der Waals surface area (Å²) in [6.07, 6.45) is 2.01. The molecule has 0 spiro atoms. The van der Waals surface area contributed by atoms with Crippen molar-refractivity contribution in [3.8, 4) is 0 Å². The van der Waals surface area contributed by atoms with Gasteiger partial charge in [0.05, 0.1) is 0 Å². The number of hydrogen-bond donors (Lipinski definition) is 1. The molecule has 0 saturated carbocycles. The van der Waals surface area contributed by atoms with Crippen LogP contribution in [-0.2, 0) is 10.8 Å². The van der Waals surface area contributed by atoms with Gasteiger partial charge in [-0.25, -0.2) is 0 Å². The number of hydrogen-bond acceptors (Lipinski definition) is 3. The molecule has 1 atom stereocenters. The van der Waals surface area contributed by atoms with Gasteiger partial charge in [-0.2, -0.15) is 11.8 Å². The Kier molecular flexibility index (Phi) is 6.91. The molecule has 0 heterocycles. The molecule has 1 unspecified atom stereocenters. The van der Waals surface area contributed by atoms with Gasteiger partial charge in [0.1, 0.15) is 0 Å². The fraction of sp³-hybridized carbons (Fsp3) is 1.00. The van der Waals surface area contributed by atoms with Gasteiger partial charge in [0.15, 0.2) is 0 Å². The first-order valence-corrected chi connectivity index (χ1v) is 5.73. The molecule has 0 fully saturated rings. The first-order valence-electron chi connectivity index (χ1n) is 2.85. The molecular weight excluding hydrogens is 154 g/mol. The van der Waals surface area contributed by atoms with Gasteiger partial charge in [0.2, 0.25) is 0 Å². The molecule has 2 nitrogen and oxygen atoms in total. The van der Waals surface area contributed by atoms with Gasteiger partial charge in [-0.1, -0.05) is 0 Å². The van der Waals surface area contributed by atoms with Crippen LogP contribution in [0.3, 0.4) is 0 Å². The van der Waals surface area contributed by atoms with Gasteiger partial charge < -0.3 is 5.73 Å². The quantitative estimate of drug-likeness (QED) is 0.629. The molecule has 0 radical (unpaired) electrons. The van der Waals surface area contributed by atoms with Crippen molar-refractivity contribution >= 4 is 22.6 Å². The number of thioether (sulfide) groups is 1. The Hall–Kier alpha value is 0.460. The molecule has 56 valence electrons. The van der Waals surface area contributed by atoms with Crippen molar-refractivity contribution in [1.82, 2.24) is 0 Å². The van der Waals surface area contributed by atoms with Crippen molar-refractivity contribution in [3.63, 3.8) is 0 Å². The van der Waals surface area contributed by atoms with E-state index in [0.29, 0.717) is 12.3 Å². The SMILES string of the molecule is CSCCS(=O)CCN. The van der Waals surface area contributed by atoms with Crippen LogP contribution in [0.25, 0.3) is 0 Å². The second-order valence-corrected chi connectivity index (χ2v) is 4.31. The lowest BCUT2D eigenvalue weighted by molar-refractivity contribution is 0.683. The zero-order valence-electron chi connectivity index (χ0n) is 5.63. The molecule has 0 saturated heterocycles. The highest BCUT2D eigenvalue weighted by atomic mass is 32.2. The molecule has 0 aliphatic rings. The standard InChI is InChI=1S/C5H13NOS2/c1-8-3-5-9(7)4-2-6/h2-6H2,1H3. The third-order valence-electron chi connectivity index (χ3n) is 0.861. The van der Waals surface area contributed by atoms with E-state index in [4.69, 9.17) is 5.73 Å². The smallest absolute Gasteiger partial charge is 0.0358 e. The minimum atomic E-state index is -0.666. The highest BCUT2D eigenvalue weighted by molar-refractivity contribution is 7.99. The van der Waals surface area contributed by atoms with Gasteiger partial charge in [0, 0.05) is 34.6 Å². The fourth-order valence-electron chi connectivity index (χ4n) is 0.410. The van der Waals surface area contributed by atoms with Crippen molar-refractivity contribution in [1.29, 1.82) is 0 Å². The van der Waals surface area contributed by atoms with Crippen molar-refractivity contribution < 1.29 is 4.21 Å². The zero-order valence-corrected chi connectivity index (χ0v) is 7.26. The Labute approximate surface area is 63.0 Å². The molecule has 0 amide bonds. The Morgan fingerprint density at radius 3 is 2.67 bits per heavy atom. The summed E-state index contributed by atoms with van der Waals surface area (Å²) in [5.74, 6) is 2.42. The Morgan fingerprint density at radius 2 is 2.22 bits per heavy atom. The van der Waals surface area contributed by atoms with Crippen LogP contribution in [0.5, 0.6) is 0 Å². The van der Waals surface area contributed by atoms with E-state index in [1.54, 1.807) is 11.8 Å². The highest BCUT2D eigenvalue weighted by Crippen LogP contribution is 1.92. The largest absolute Gasteiger partial charge is 0.330 e. The minimum Gasteiger partial charge on any atom is -0.330 e. The van der Waals surface area contributed by atoms with E-state index in [1.807, 2.05) is 6.26 Å². The minimum absolute atomic E-state index is 0.543. The summed E-state index contributed by atoms with van der Waals surface area (Å²) in [5.41, 5.74) is 5.20. The first kappa shape index (κ1) is 9.46. The maximum atomic E-state index is 10.8. The molecular formula is C5H13NOS2.